The normalized spacial score (nSPS) is 9.55. The summed E-state index contributed by atoms with van der Waals surface area (Å²) >= 11 is 5.51. The second-order valence-electron chi connectivity index (χ2n) is 2.06. The molecule has 0 saturated carbocycles. The smallest absolute Gasteiger partial charge is 0.153 e. The Balaban J connectivity index is 3.35. The Morgan fingerprint density at radius 1 is 1.55 bits per heavy atom. The van der Waals surface area contributed by atoms with Gasteiger partial charge in [0.25, 0.3) is 0 Å². The maximum atomic E-state index is 10.3. The van der Waals surface area contributed by atoms with E-state index in [1.165, 1.54) is 12.1 Å². The maximum Gasteiger partial charge on any atom is 0.153 e. The van der Waals surface area contributed by atoms with Gasteiger partial charge in [0.05, 0.1) is 10.6 Å². The zero-order valence-corrected chi connectivity index (χ0v) is 6.30. The molecule has 0 bridgehead atoms. The fourth-order valence-electron chi connectivity index (χ4n) is 0.732. The molecule has 0 unspecified atom stereocenters. The van der Waals surface area contributed by atoms with Crippen LogP contribution in [-0.4, -0.2) is 19.2 Å². The molecule has 2 nitrogen and oxygen atoms in total. The van der Waals surface area contributed by atoms with Gasteiger partial charge in [-0.15, -0.1) is 0 Å². The number of phenolic OH excluding ortho intramolecular Hbond substituents is 1. The highest BCUT2D eigenvalue weighted by atomic mass is 35.5. The number of aromatic hydroxyl groups is 1. The van der Waals surface area contributed by atoms with Crippen LogP contribution in [0.5, 0.6) is 5.75 Å². The van der Waals surface area contributed by atoms with E-state index in [0.29, 0.717) is 11.7 Å². The Morgan fingerprint density at radius 3 is 2.73 bits per heavy atom. The molecule has 0 fully saturated rings. The number of hydrogen-bond donors (Lipinski definition) is 1. The highest BCUT2D eigenvalue weighted by Crippen LogP contribution is 2.24. The molecule has 1 rings (SSSR count). The zero-order valence-electron chi connectivity index (χ0n) is 5.54. The van der Waals surface area contributed by atoms with Crippen molar-refractivity contribution in [3.05, 3.63) is 22.7 Å². The van der Waals surface area contributed by atoms with E-state index < -0.39 is 0 Å². The Labute approximate surface area is 70.2 Å². The van der Waals surface area contributed by atoms with Crippen LogP contribution in [0.15, 0.2) is 12.1 Å². The molecule has 11 heavy (non-hydrogen) atoms. The summed E-state index contributed by atoms with van der Waals surface area (Å²) in [5.41, 5.74) is 0.463. The van der Waals surface area contributed by atoms with Crippen molar-refractivity contribution in [2.24, 2.45) is 0 Å². The van der Waals surface area contributed by atoms with E-state index in [2.05, 4.69) is 0 Å². The van der Waals surface area contributed by atoms with Crippen molar-refractivity contribution in [2.45, 2.75) is 0 Å². The van der Waals surface area contributed by atoms with Gasteiger partial charge in [-0.2, -0.15) is 0 Å². The van der Waals surface area contributed by atoms with Crippen LogP contribution in [0.2, 0.25) is 5.02 Å². The van der Waals surface area contributed by atoms with E-state index in [0.717, 1.165) is 0 Å². The van der Waals surface area contributed by atoms with Crippen LogP contribution >= 0.6 is 11.6 Å². The highest BCUT2D eigenvalue weighted by molar-refractivity contribution is 6.37. The van der Waals surface area contributed by atoms with Crippen LogP contribution in [-0.2, 0) is 0 Å². The minimum Gasteiger partial charge on any atom is -0.506 e. The SMILES string of the molecule is [B]c1cc(Cl)c(O)c(C=O)c1. The van der Waals surface area contributed by atoms with Crippen molar-refractivity contribution in [3.63, 3.8) is 0 Å². The maximum absolute atomic E-state index is 10.3. The lowest BCUT2D eigenvalue weighted by Gasteiger charge is -2.00. The molecule has 0 saturated heterocycles. The van der Waals surface area contributed by atoms with Crippen LogP contribution in [0.4, 0.5) is 0 Å². The van der Waals surface area contributed by atoms with E-state index in [4.69, 9.17) is 24.6 Å². The summed E-state index contributed by atoms with van der Waals surface area (Å²) in [6.45, 7) is 0. The monoisotopic (exact) mass is 166 g/mol. The lowest BCUT2D eigenvalue weighted by Crippen LogP contribution is -2.03. The molecule has 1 N–H and O–H groups in total. The number of benzene rings is 1. The quantitative estimate of drug-likeness (QED) is 0.491. The fraction of sp³-hybridized carbons (Fsp3) is 0. The number of aldehydes is 1. The Bertz CT molecular complexity index is 299. The van der Waals surface area contributed by atoms with Gasteiger partial charge >= 0.3 is 0 Å². The first kappa shape index (κ1) is 8.14. The van der Waals surface area contributed by atoms with Gasteiger partial charge in [0.1, 0.15) is 13.6 Å². The summed E-state index contributed by atoms with van der Waals surface area (Å²) in [4.78, 5) is 10.3. The van der Waals surface area contributed by atoms with Crippen molar-refractivity contribution < 1.29 is 9.90 Å². The molecular formula is C7H4BClO2. The molecule has 0 spiro atoms. The van der Waals surface area contributed by atoms with Gasteiger partial charge in [-0.1, -0.05) is 23.1 Å². The summed E-state index contributed by atoms with van der Waals surface area (Å²) in [5.74, 6) is -0.226. The topological polar surface area (TPSA) is 37.3 Å². The van der Waals surface area contributed by atoms with Gasteiger partial charge in [0, 0.05) is 0 Å². The molecule has 1 aromatic carbocycles. The van der Waals surface area contributed by atoms with Gasteiger partial charge in [0.15, 0.2) is 6.29 Å². The summed E-state index contributed by atoms with van der Waals surface area (Å²) < 4.78 is 0. The highest BCUT2D eigenvalue weighted by Gasteiger charge is 2.04. The Hall–Kier alpha value is -0.955. The summed E-state index contributed by atoms with van der Waals surface area (Å²) in [7, 11) is 5.35. The number of carbonyl (C=O) groups excluding carboxylic acids is 1. The third-order valence-corrected chi connectivity index (χ3v) is 1.53. The lowest BCUT2D eigenvalue weighted by atomic mass is 9.94. The first-order valence-electron chi connectivity index (χ1n) is 2.88. The molecule has 0 atom stereocenters. The molecule has 0 aliphatic carbocycles. The second-order valence-corrected chi connectivity index (χ2v) is 2.47. The first-order valence-corrected chi connectivity index (χ1v) is 3.26. The van der Waals surface area contributed by atoms with Gasteiger partial charge in [-0.05, 0) is 6.07 Å². The van der Waals surface area contributed by atoms with Crippen molar-refractivity contribution in [1.29, 1.82) is 0 Å². The molecule has 0 aliphatic rings. The van der Waals surface area contributed by atoms with E-state index >= 15 is 0 Å². The molecule has 2 radical (unpaired) electrons. The summed E-state index contributed by atoms with van der Waals surface area (Å²) in [6.07, 6.45) is 0.498. The standard InChI is InChI=1S/C7H4BClO2/c8-5-1-4(3-10)7(11)6(9)2-5/h1-3,11H. The van der Waals surface area contributed by atoms with Gasteiger partial charge in [0.2, 0.25) is 0 Å². The van der Waals surface area contributed by atoms with Crippen molar-refractivity contribution in [3.8, 4) is 5.75 Å². The third kappa shape index (κ3) is 1.55. The lowest BCUT2D eigenvalue weighted by molar-refractivity contribution is 0.112. The third-order valence-electron chi connectivity index (χ3n) is 1.24. The van der Waals surface area contributed by atoms with Crippen LogP contribution < -0.4 is 5.46 Å². The van der Waals surface area contributed by atoms with Crippen LogP contribution in [0.3, 0.4) is 0 Å². The number of hydrogen-bond acceptors (Lipinski definition) is 2. The summed E-state index contributed by atoms with van der Waals surface area (Å²) in [5, 5.41) is 9.19. The van der Waals surface area contributed by atoms with Crippen molar-refractivity contribution in [1.82, 2.24) is 0 Å². The van der Waals surface area contributed by atoms with Crippen molar-refractivity contribution in [2.75, 3.05) is 0 Å². The average Bonchev–Trinajstić information content (AvgIpc) is 1.96. The Kier molecular flexibility index (Phi) is 2.20. The van der Waals surface area contributed by atoms with Gasteiger partial charge in [-0.3, -0.25) is 4.79 Å². The number of phenols is 1. The first-order chi connectivity index (χ1) is 5.15. The van der Waals surface area contributed by atoms with Gasteiger partial charge < -0.3 is 5.11 Å². The van der Waals surface area contributed by atoms with E-state index in [1.54, 1.807) is 0 Å². The molecule has 1 aromatic rings. The second kappa shape index (κ2) is 2.97. The molecule has 0 amide bonds. The van der Waals surface area contributed by atoms with Gasteiger partial charge in [-0.25, -0.2) is 0 Å². The molecule has 0 aromatic heterocycles. The fourth-order valence-corrected chi connectivity index (χ4v) is 0.967. The molecule has 54 valence electrons. The number of halogens is 1. The predicted octanol–water partition coefficient (Wildman–Crippen LogP) is 0.652. The zero-order chi connectivity index (χ0) is 8.43. The van der Waals surface area contributed by atoms with E-state index in [9.17, 15) is 4.79 Å². The van der Waals surface area contributed by atoms with Crippen molar-refractivity contribution >= 4 is 31.2 Å². The van der Waals surface area contributed by atoms with Crippen LogP contribution in [0.25, 0.3) is 0 Å². The minimum absolute atomic E-state index is 0.0899. The predicted molar refractivity (Wildman–Crippen MR) is 43.9 cm³/mol. The van der Waals surface area contributed by atoms with E-state index in [1.807, 2.05) is 0 Å². The molecule has 4 heteroatoms. The minimum atomic E-state index is -0.226. The molecular weight excluding hydrogens is 162 g/mol. The number of carbonyl (C=O) groups is 1. The number of rotatable bonds is 1. The average molecular weight is 166 g/mol. The summed E-state index contributed by atoms with van der Waals surface area (Å²) in [6, 6.07) is 2.73. The largest absolute Gasteiger partial charge is 0.506 e. The van der Waals surface area contributed by atoms with E-state index in [-0.39, 0.29) is 16.3 Å². The molecule has 0 heterocycles. The Morgan fingerprint density at radius 2 is 2.18 bits per heavy atom. The molecule has 0 aliphatic heterocycles. The van der Waals surface area contributed by atoms with Crippen LogP contribution in [0, 0.1) is 0 Å². The van der Waals surface area contributed by atoms with Crippen LogP contribution in [0.1, 0.15) is 10.4 Å².